The van der Waals surface area contributed by atoms with Crippen molar-refractivity contribution in [3.05, 3.63) is 77.1 Å². The highest BCUT2D eigenvalue weighted by Crippen LogP contribution is 2.27. The van der Waals surface area contributed by atoms with Gasteiger partial charge in [0.05, 0.1) is 21.7 Å². The summed E-state index contributed by atoms with van der Waals surface area (Å²) in [6.07, 6.45) is -0.121. The van der Waals surface area contributed by atoms with Gasteiger partial charge in [0.2, 0.25) is 5.91 Å². The molecule has 0 aliphatic carbocycles. The number of hydrogen-bond donors (Lipinski definition) is 0. The van der Waals surface area contributed by atoms with Crippen molar-refractivity contribution < 1.29 is 13.2 Å². The van der Waals surface area contributed by atoms with E-state index < -0.39 is 15.7 Å². The molecular formula is C22H20N2O3S2. The van der Waals surface area contributed by atoms with Crippen molar-refractivity contribution in [1.29, 1.82) is 0 Å². The zero-order valence-electron chi connectivity index (χ0n) is 15.9. The van der Waals surface area contributed by atoms with Crippen molar-refractivity contribution in [2.45, 2.75) is 12.2 Å². The number of hydrogen-bond acceptors (Lipinski definition) is 4. The van der Waals surface area contributed by atoms with Crippen LogP contribution in [0.15, 0.2) is 71.7 Å². The Morgan fingerprint density at radius 3 is 2.52 bits per heavy atom. The Labute approximate surface area is 172 Å². The number of nitrogens with zero attached hydrogens (tertiary/aromatic N) is 2. The molecule has 5 nitrogen and oxygen atoms in total. The molecule has 1 amide bonds. The normalized spacial score (nSPS) is 12.7. The summed E-state index contributed by atoms with van der Waals surface area (Å²) in [5.74, 6) is -0.695. The number of aryl methyl sites for hydroxylation is 1. The van der Waals surface area contributed by atoms with Crippen LogP contribution in [0.3, 0.4) is 0 Å². The van der Waals surface area contributed by atoms with E-state index in [-0.39, 0.29) is 17.9 Å². The molecule has 29 heavy (non-hydrogen) atoms. The Morgan fingerprint density at radius 2 is 1.72 bits per heavy atom. The second-order valence-electron chi connectivity index (χ2n) is 6.91. The van der Waals surface area contributed by atoms with Gasteiger partial charge in [-0.3, -0.25) is 4.79 Å². The molecule has 0 radical (unpaired) electrons. The van der Waals surface area contributed by atoms with Crippen molar-refractivity contribution >= 4 is 48.1 Å². The maximum atomic E-state index is 12.4. The summed E-state index contributed by atoms with van der Waals surface area (Å²) >= 11 is 1.44. The lowest BCUT2D eigenvalue weighted by atomic mass is 10.1. The van der Waals surface area contributed by atoms with E-state index in [2.05, 4.69) is 11.1 Å². The molecule has 0 N–H and O–H groups in total. The number of rotatable bonds is 5. The molecule has 0 unspecified atom stereocenters. The highest BCUT2D eigenvalue weighted by Gasteiger charge is 2.15. The van der Waals surface area contributed by atoms with E-state index in [9.17, 15) is 13.2 Å². The molecule has 1 heterocycles. The van der Waals surface area contributed by atoms with Gasteiger partial charge in [-0.15, -0.1) is 0 Å². The molecule has 0 aliphatic heterocycles. The molecule has 7 heteroatoms. The molecule has 0 saturated heterocycles. The second-order valence-corrected chi connectivity index (χ2v) is 10.1. The van der Waals surface area contributed by atoms with Gasteiger partial charge in [-0.1, -0.05) is 72.0 Å². The smallest absolute Gasteiger partial charge is 0.249 e. The van der Waals surface area contributed by atoms with Gasteiger partial charge in [0, 0.05) is 18.9 Å². The molecule has 4 aromatic rings. The largest absolute Gasteiger partial charge is 0.319 e. The molecular weight excluding hydrogens is 404 g/mol. The minimum atomic E-state index is -3.37. The minimum Gasteiger partial charge on any atom is -0.319 e. The average molecular weight is 425 g/mol. The van der Waals surface area contributed by atoms with Crippen molar-refractivity contribution in [3.63, 3.8) is 0 Å². The number of sulfone groups is 1. The number of carbonyl (C=O) groups is 1. The zero-order valence-corrected chi connectivity index (χ0v) is 17.5. The first kappa shape index (κ1) is 19.5. The van der Waals surface area contributed by atoms with Crippen molar-refractivity contribution in [2.75, 3.05) is 5.75 Å². The van der Waals surface area contributed by atoms with Crippen molar-refractivity contribution in [2.24, 2.45) is 12.0 Å². The Kier molecular flexibility index (Phi) is 5.34. The van der Waals surface area contributed by atoms with Gasteiger partial charge in [0.25, 0.3) is 0 Å². The predicted octanol–water partition coefficient (Wildman–Crippen LogP) is 3.83. The summed E-state index contributed by atoms with van der Waals surface area (Å²) in [5, 5.41) is 2.25. The molecule has 148 valence electrons. The quantitative estimate of drug-likeness (QED) is 0.489. The van der Waals surface area contributed by atoms with Gasteiger partial charge >= 0.3 is 0 Å². The molecule has 1 aromatic heterocycles. The lowest BCUT2D eigenvalue weighted by Gasteiger charge is -2.03. The first-order valence-electron chi connectivity index (χ1n) is 9.22. The summed E-state index contributed by atoms with van der Waals surface area (Å²) in [6.45, 7) is 0. The van der Waals surface area contributed by atoms with Crippen LogP contribution in [-0.4, -0.2) is 24.6 Å². The Bertz CT molecular complexity index is 1370. The lowest BCUT2D eigenvalue weighted by Crippen LogP contribution is -2.16. The highest BCUT2D eigenvalue weighted by molar-refractivity contribution is 7.90. The van der Waals surface area contributed by atoms with Gasteiger partial charge in [-0.05, 0) is 17.0 Å². The van der Waals surface area contributed by atoms with E-state index in [1.54, 1.807) is 24.3 Å². The van der Waals surface area contributed by atoms with Crippen LogP contribution in [0.5, 0.6) is 0 Å². The number of aromatic nitrogens is 1. The summed E-state index contributed by atoms with van der Waals surface area (Å²) in [6, 6.07) is 21.1. The summed E-state index contributed by atoms with van der Waals surface area (Å²) in [4.78, 5) is 17.1. The monoisotopic (exact) mass is 424 g/mol. The molecule has 0 fully saturated rings. The first-order chi connectivity index (χ1) is 13.9. The maximum absolute atomic E-state index is 12.4. The van der Waals surface area contributed by atoms with Crippen LogP contribution in [0, 0.1) is 0 Å². The van der Waals surface area contributed by atoms with E-state index in [0.29, 0.717) is 4.80 Å². The standard InChI is InChI=1S/C22H20N2O3S2/c1-24-19-12-11-17-9-5-6-10-18(17)21(19)28-22(24)23-20(25)13-14-29(26,27)15-16-7-3-2-4-8-16/h2-12H,13-15H2,1H3. The summed E-state index contributed by atoms with van der Waals surface area (Å²) in [7, 11) is -1.50. The van der Waals surface area contributed by atoms with E-state index in [0.717, 1.165) is 26.6 Å². The van der Waals surface area contributed by atoms with Crippen LogP contribution in [0.25, 0.3) is 21.0 Å². The molecule has 0 bridgehead atoms. The molecule has 0 saturated carbocycles. The fourth-order valence-electron chi connectivity index (χ4n) is 3.27. The van der Waals surface area contributed by atoms with Gasteiger partial charge in [-0.2, -0.15) is 4.99 Å². The third kappa shape index (κ3) is 4.31. The molecule has 0 atom stereocenters. The number of amides is 1. The Morgan fingerprint density at radius 1 is 1.00 bits per heavy atom. The SMILES string of the molecule is Cn1c(=NC(=O)CCS(=O)(=O)Cc2ccccc2)sc2c3ccccc3ccc21. The fraction of sp³-hybridized carbons (Fsp3) is 0.182. The average Bonchev–Trinajstić information content (AvgIpc) is 3.03. The van der Waals surface area contributed by atoms with E-state index in [1.807, 2.05) is 48.0 Å². The van der Waals surface area contributed by atoms with Crippen LogP contribution >= 0.6 is 11.3 Å². The predicted molar refractivity (Wildman–Crippen MR) is 117 cm³/mol. The highest BCUT2D eigenvalue weighted by atomic mass is 32.2. The zero-order chi connectivity index (χ0) is 20.4. The third-order valence-electron chi connectivity index (χ3n) is 4.78. The van der Waals surface area contributed by atoms with Crippen LogP contribution < -0.4 is 4.80 Å². The van der Waals surface area contributed by atoms with Gasteiger partial charge < -0.3 is 4.57 Å². The molecule has 4 rings (SSSR count). The Balaban J connectivity index is 1.56. The Hall–Kier alpha value is -2.77. The minimum absolute atomic E-state index is 0.0657. The van der Waals surface area contributed by atoms with Gasteiger partial charge in [0.15, 0.2) is 14.6 Å². The topological polar surface area (TPSA) is 68.5 Å². The van der Waals surface area contributed by atoms with E-state index in [4.69, 9.17) is 0 Å². The van der Waals surface area contributed by atoms with E-state index >= 15 is 0 Å². The third-order valence-corrected chi connectivity index (χ3v) is 7.56. The molecule has 0 spiro atoms. The lowest BCUT2D eigenvalue weighted by molar-refractivity contribution is -0.117. The number of fused-ring (bicyclic) bond motifs is 3. The molecule has 0 aliphatic rings. The second kappa shape index (κ2) is 7.93. The molecule has 3 aromatic carbocycles. The summed E-state index contributed by atoms with van der Waals surface area (Å²) < 4.78 is 27.6. The van der Waals surface area contributed by atoms with Crippen LogP contribution in [0.1, 0.15) is 12.0 Å². The van der Waals surface area contributed by atoms with Gasteiger partial charge in [0.1, 0.15) is 0 Å². The van der Waals surface area contributed by atoms with Gasteiger partial charge in [-0.25, -0.2) is 8.42 Å². The summed E-state index contributed by atoms with van der Waals surface area (Å²) in [5.41, 5.74) is 1.72. The number of thiazole rings is 1. The maximum Gasteiger partial charge on any atom is 0.249 e. The van der Waals surface area contributed by atoms with Crippen LogP contribution in [0.4, 0.5) is 0 Å². The van der Waals surface area contributed by atoms with Crippen LogP contribution in [0.2, 0.25) is 0 Å². The number of carbonyl (C=O) groups excluding carboxylic acids is 1. The number of benzene rings is 3. The van der Waals surface area contributed by atoms with Crippen LogP contribution in [-0.2, 0) is 27.4 Å². The fourth-order valence-corrected chi connectivity index (χ4v) is 5.77. The van der Waals surface area contributed by atoms with Crippen molar-refractivity contribution in [3.8, 4) is 0 Å². The van der Waals surface area contributed by atoms with Crippen molar-refractivity contribution in [1.82, 2.24) is 4.57 Å². The van der Waals surface area contributed by atoms with E-state index in [1.165, 1.54) is 11.3 Å². The first-order valence-corrected chi connectivity index (χ1v) is 11.9.